The molecule has 1 heterocycles. The number of nitrogens with zero attached hydrogens (tertiary/aromatic N) is 2. The molecule has 7 nitrogen and oxygen atoms in total. The van der Waals surface area contributed by atoms with Crippen LogP contribution in [0.15, 0.2) is 90.0 Å². The highest BCUT2D eigenvalue weighted by molar-refractivity contribution is 7.89. The summed E-state index contributed by atoms with van der Waals surface area (Å²) in [5.41, 5.74) is 2.23. The van der Waals surface area contributed by atoms with E-state index in [9.17, 15) is 13.2 Å². The number of aromatic nitrogens is 1. The molecular weight excluding hydrogens is 438 g/mol. The lowest BCUT2D eigenvalue weighted by Crippen LogP contribution is -2.27. The normalized spacial score (nSPS) is 11.5. The summed E-state index contributed by atoms with van der Waals surface area (Å²) in [6.45, 7) is 0.185. The molecule has 168 valence electrons. The van der Waals surface area contributed by atoms with E-state index in [0.29, 0.717) is 11.2 Å². The third kappa shape index (κ3) is 4.72. The van der Waals surface area contributed by atoms with Crippen LogP contribution in [-0.4, -0.2) is 37.8 Å². The maximum Gasteiger partial charge on any atom is 0.255 e. The molecule has 0 radical (unpaired) electrons. The summed E-state index contributed by atoms with van der Waals surface area (Å²) in [6.07, 6.45) is 1.65. The SMILES string of the molecule is COc1ccc(C(=O)Nc2cccc3cccnc23)cc1S(=O)(=O)N(C)Cc1ccccc1. The van der Waals surface area contributed by atoms with Gasteiger partial charge in [0, 0.05) is 30.7 Å². The Morgan fingerprint density at radius 2 is 1.76 bits per heavy atom. The molecule has 0 saturated heterocycles. The van der Waals surface area contributed by atoms with Gasteiger partial charge in [-0.05, 0) is 35.9 Å². The summed E-state index contributed by atoms with van der Waals surface area (Å²) in [5, 5.41) is 3.72. The zero-order valence-electron chi connectivity index (χ0n) is 18.2. The molecule has 0 aliphatic heterocycles. The van der Waals surface area contributed by atoms with Gasteiger partial charge in [0.15, 0.2) is 0 Å². The average Bonchev–Trinajstić information content (AvgIpc) is 2.84. The second-order valence-corrected chi connectivity index (χ2v) is 9.46. The van der Waals surface area contributed by atoms with Crippen molar-refractivity contribution in [3.05, 3.63) is 96.2 Å². The number of methoxy groups -OCH3 is 1. The molecule has 0 unspecified atom stereocenters. The zero-order valence-corrected chi connectivity index (χ0v) is 19.0. The number of sulfonamides is 1. The number of rotatable bonds is 7. The van der Waals surface area contributed by atoms with Crippen molar-refractivity contribution in [2.24, 2.45) is 0 Å². The van der Waals surface area contributed by atoms with E-state index in [4.69, 9.17) is 4.74 Å². The van der Waals surface area contributed by atoms with Crippen molar-refractivity contribution in [1.29, 1.82) is 0 Å². The molecule has 0 spiro atoms. The summed E-state index contributed by atoms with van der Waals surface area (Å²) in [7, 11) is -1.04. The number of nitrogens with one attached hydrogen (secondary N) is 1. The average molecular weight is 462 g/mol. The second kappa shape index (κ2) is 9.40. The Labute approximate surface area is 192 Å². The van der Waals surface area contributed by atoms with E-state index in [1.807, 2.05) is 54.6 Å². The first-order chi connectivity index (χ1) is 15.9. The second-order valence-electron chi connectivity index (χ2n) is 7.45. The fourth-order valence-electron chi connectivity index (χ4n) is 3.51. The predicted molar refractivity (Wildman–Crippen MR) is 128 cm³/mol. The van der Waals surface area contributed by atoms with Gasteiger partial charge in [0.05, 0.1) is 18.3 Å². The number of pyridine rings is 1. The largest absolute Gasteiger partial charge is 0.495 e. The molecule has 0 aliphatic rings. The van der Waals surface area contributed by atoms with Gasteiger partial charge in [0.2, 0.25) is 10.0 Å². The number of hydrogen-bond donors (Lipinski definition) is 1. The van der Waals surface area contributed by atoms with Gasteiger partial charge in [-0.1, -0.05) is 48.5 Å². The number of anilines is 1. The number of carbonyl (C=O) groups is 1. The van der Waals surface area contributed by atoms with E-state index in [0.717, 1.165) is 10.9 Å². The molecular formula is C25H23N3O4S. The minimum atomic E-state index is -3.93. The fourth-order valence-corrected chi connectivity index (χ4v) is 4.85. The van der Waals surface area contributed by atoms with E-state index in [-0.39, 0.29) is 22.8 Å². The van der Waals surface area contributed by atoms with Crippen LogP contribution in [-0.2, 0) is 16.6 Å². The molecule has 33 heavy (non-hydrogen) atoms. The number of benzene rings is 3. The molecule has 1 amide bonds. The summed E-state index contributed by atoms with van der Waals surface area (Å²) >= 11 is 0. The number of carbonyl (C=O) groups excluding carboxylic acids is 1. The van der Waals surface area contributed by atoms with Gasteiger partial charge in [0.1, 0.15) is 10.6 Å². The molecule has 4 rings (SSSR count). The first kappa shape index (κ1) is 22.4. The highest BCUT2D eigenvalue weighted by Crippen LogP contribution is 2.29. The number of amides is 1. The van der Waals surface area contributed by atoms with Gasteiger partial charge in [-0.15, -0.1) is 0 Å². The minimum absolute atomic E-state index is 0.0767. The van der Waals surface area contributed by atoms with Gasteiger partial charge in [-0.3, -0.25) is 9.78 Å². The maximum atomic E-state index is 13.3. The maximum absolute atomic E-state index is 13.3. The topological polar surface area (TPSA) is 88.6 Å². The molecule has 1 N–H and O–H groups in total. The van der Waals surface area contributed by atoms with Crippen LogP contribution in [0.3, 0.4) is 0 Å². The molecule has 0 atom stereocenters. The van der Waals surface area contributed by atoms with Crippen LogP contribution in [0.5, 0.6) is 5.75 Å². The van der Waals surface area contributed by atoms with Gasteiger partial charge in [0.25, 0.3) is 5.91 Å². The van der Waals surface area contributed by atoms with Crippen LogP contribution in [0.2, 0.25) is 0 Å². The van der Waals surface area contributed by atoms with Crippen molar-refractivity contribution in [2.45, 2.75) is 11.4 Å². The monoisotopic (exact) mass is 461 g/mol. The zero-order chi connectivity index (χ0) is 23.4. The number of para-hydroxylation sites is 1. The third-order valence-electron chi connectivity index (χ3n) is 5.24. The fraction of sp³-hybridized carbons (Fsp3) is 0.120. The Morgan fingerprint density at radius 3 is 2.52 bits per heavy atom. The van der Waals surface area contributed by atoms with E-state index < -0.39 is 15.9 Å². The van der Waals surface area contributed by atoms with Gasteiger partial charge < -0.3 is 10.1 Å². The molecule has 0 fully saturated rings. The Morgan fingerprint density at radius 1 is 1.00 bits per heavy atom. The Bertz CT molecular complexity index is 1400. The Hall–Kier alpha value is -3.75. The summed E-state index contributed by atoms with van der Waals surface area (Å²) in [4.78, 5) is 17.3. The van der Waals surface area contributed by atoms with E-state index in [1.165, 1.54) is 36.7 Å². The molecule has 1 aromatic heterocycles. The number of hydrogen-bond acceptors (Lipinski definition) is 5. The van der Waals surface area contributed by atoms with Gasteiger partial charge in [-0.25, -0.2) is 8.42 Å². The summed E-state index contributed by atoms with van der Waals surface area (Å²) in [6, 6.07) is 22.8. The number of ether oxygens (including phenoxy) is 1. The van der Waals surface area contributed by atoms with Crippen LogP contribution < -0.4 is 10.1 Å². The van der Waals surface area contributed by atoms with Crippen molar-refractivity contribution >= 4 is 32.5 Å². The molecule has 0 aliphatic carbocycles. The van der Waals surface area contributed by atoms with Crippen molar-refractivity contribution in [3.8, 4) is 5.75 Å². The van der Waals surface area contributed by atoms with Crippen LogP contribution >= 0.6 is 0 Å². The van der Waals surface area contributed by atoms with E-state index >= 15 is 0 Å². The first-order valence-corrected chi connectivity index (χ1v) is 11.7. The lowest BCUT2D eigenvalue weighted by molar-refractivity contribution is 0.102. The van der Waals surface area contributed by atoms with Crippen molar-refractivity contribution in [3.63, 3.8) is 0 Å². The van der Waals surface area contributed by atoms with Crippen molar-refractivity contribution in [2.75, 3.05) is 19.5 Å². The quantitative estimate of drug-likeness (QED) is 0.443. The van der Waals surface area contributed by atoms with E-state index in [2.05, 4.69) is 10.3 Å². The molecule has 4 aromatic rings. The van der Waals surface area contributed by atoms with Gasteiger partial charge in [-0.2, -0.15) is 4.31 Å². The van der Waals surface area contributed by atoms with Gasteiger partial charge >= 0.3 is 0 Å². The van der Waals surface area contributed by atoms with Crippen LogP contribution in [0.1, 0.15) is 15.9 Å². The van der Waals surface area contributed by atoms with Crippen molar-refractivity contribution in [1.82, 2.24) is 9.29 Å². The Balaban J connectivity index is 1.65. The lowest BCUT2D eigenvalue weighted by Gasteiger charge is -2.19. The van der Waals surface area contributed by atoms with Crippen LogP contribution in [0, 0.1) is 0 Å². The molecule has 8 heteroatoms. The minimum Gasteiger partial charge on any atom is -0.495 e. The highest BCUT2D eigenvalue weighted by atomic mass is 32.2. The third-order valence-corrected chi connectivity index (χ3v) is 7.07. The highest BCUT2D eigenvalue weighted by Gasteiger charge is 2.26. The lowest BCUT2D eigenvalue weighted by atomic mass is 10.1. The molecule has 0 bridgehead atoms. The smallest absolute Gasteiger partial charge is 0.255 e. The summed E-state index contributed by atoms with van der Waals surface area (Å²) < 4.78 is 33.2. The summed E-state index contributed by atoms with van der Waals surface area (Å²) in [5.74, 6) is -0.281. The van der Waals surface area contributed by atoms with Crippen LogP contribution in [0.4, 0.5) is 5.69 Å². The first-order valence-electron chi connectivity index (χ1n) is 10.2. The molecule has 0 saturated carbocycles. The molecule has 3 aromatic carbocycles. The van der Waals surface area contributed by atoms with E-state index in [1.54, 1.807) is 12.3 Å². The van der Waals surface area contributed by atoms with Crippen molar-refractivity contribution < 1.29 is 17.9 Å². The van der Waals surface area contributed by atoms with Crippen LogP contribution in [0.25, 0.3) is 10.9 Å². The Kier molecular flexibility index (Phi) is 6.39. The predicted octanol–water partition coefficient (Wildman–Crippen LogP) is 4.32. The standard InChI is InChI=1S/C25H23N3O4S/c1-28(17-18-8-4-3-5-9-18)33(30,31)23-16-20(13-14-22(23)32-2)25(29)27-21-12-6-10-19-11-7-15-26-24(19)21/h3-16H,17H2,1-2H3,(H,27,29). The number of fused-ring (bicyclic) bond motifs is 1.